The van der Waals surface area contributed by atoms with Crippen LogP contribution in [0.3, 0.4) is 0 Å². The van der Waals surface area contributed by atoms with Crippen molar-refractivity contribution in [3.63, 3.8) is 0 Å². The Morgan fingerprint density at radius 2 is 2.09 bits per heavy atom. The van der Waals surface area contributed by atoms with E-state index in [0.717, 1.165) is 16.6 Å². The summed E-state index contributed by atoms with van der Waals surface area (Å²) in [5, 5.41) is 2.84. The van der Waals surface area contributed by atoms with Crippen molar-refractivity contribution in [3.8, 4) is 0 Å². The molecule has 0 aliphatic heterocycles. The molecule has 1 aromatic heterocycles. The van der Waals surface area contributed by atoms with Crippen LogP contribution in [0.15, 0.2) is 48.8 Å². The quantitative estimate of drug-likeness (QED) is 0.804. The summed E-state index contributed by atoms with van der Waals surface area (Å²) in [6.07, 6.45) is 1.93. The Labute approximate surface area is 127 Å². The minimum absolute atomic E-state index is 0.133. The molecule has 1 amide bonds. The molecule has 1 heterocycles. The van der Waals surface area contributed by atoms with Crippen molar-refractivity contribution in [2.24, 2.45) is 7.05 Å². The largest absolute Gasteiger partial charge is 0.352 e. The van der Waals surface area contributed by atoms with E-state index in [0.29, 0.717) is 12.1 Å². The summed E-state index contributed by atoms with van der Waals surface area (Å²) in [5.41, 5.74) is 3.60. The van der Waals surface area contributed by atoms with Gasteiger partial charge in [0.1, 0.15) is 5.82 Å². The molecule has 1 N–H and O–H groups in total. The second-order valence-corrected chi connectivity index (χ2v) is 5.26. The van der Waals surface area contributed by atoms with Crippen molar-refractivity contribution in [2.75, 3.05) is 0 Å². The highest BCUT2D eigenvalue weighted by Gasteiger charge is 2.06. The van der Waals surface area contributed by atoms with E-state index in [-0.39, 0.29) is 18.1 Å². The fourth-order valence-corrected chi connectivity index (χ4v) is 2.39. The van der Waals surface area contributed by atoms with Crippen LogP contribution in [0, 0.1) is 5.82 Å². The summed E-state index contributed by atoms with van der Waals surface area (Å²) in [4.78, 5) is 16.2. The number of halogens is 1. The molecule has 0 saturated carbocycles. The Morgan fingerprint density at radius 3 is 2.91 bits per heavy atom. The topological polar surface area (TPSA) is 46.9 Å². The average molecular weight is 297 g/mol. The molecular weight excluding hydrogens is 281 g/mol. The molecule has 0 spiro atoms. The van der Waals surface area contributed by atoms with E-state index >= 15 is 0 Å². The molecule has 0 saturated heterocycles. The molecule has 3 aromatic rings. The number of rotatable bonds is 4. The van der Waals surface area contributed by atoms with Gasteiger partial charge < -0.3 is 9.88 Å². The number of hydrogen-bond acceptors (Lipinski definition) is 2. The Bertz CT molecular complexity index is 826. The van der Waals surface area contributed by atoms with Gasteiger partial charge in [-0.25, -0.2) is 9.37 Å². The summed E-state index contributed by atoms with van der Waals surface area (Å²) in [6.45, 7) is 0.431. The highest BCUT2D eigenvalue weighted by molar-refractivity contribution is 5.79. The standard InChI is InChI=1S/C17H16FN3O/c1-21-11-20-15-8-13(5-6-16(15)21)10-19-17(22)9-12-3-2-4-14(18)7-12/h2-8,11H,9-10H2,1H3,(H,19,22). The second kappa shape index (κ2) is 5.97. The molecule has 4 nitrogen and oxygen atoms in total. The first-order valence-corrected chi connectivity index (χ1v) is 7.03. The minimum atomic E-state index is -0.328. The number of nitrogens with one attached hydrogen (secondary N) is 1. The van der Waals surface area contributed by atoms with Crippen LogP contribution < -0.4 is 5.32 Å². The molecule has 0 fully saturated rings. The number of fused-ring (bicyclic) bond motifs is 1. The van der Waals surface area contributed by atoms with Crippen molar-refractivity contribution in [3.05, 3.63) is 65.7 Å². The van der Waals surface area contributed by atoms with Gasteiger partial charge >= 0.3 is 0 Å². The van der Waals surface area contributed by atoms with Crippen LogP contribution in [0.5, 0.6) is 0 Å². The first kappa shape index (κ1) is 14.3. The van der Waals surface area contributed by atoms with Crippen molar-refractivity contribution < 1.29 is 9.18 Å². The Hall–Kier alpha value is -2.69. The maximum atomic E-state index is 13.1. The third-order valence-corrected chi connectivity index (χ3v) is 3.53. The van der Waals surface area contributed by atoms with Gasteiger partial charge in [0.25, 0.3) is 0 Å². The Kier molecular flexibility index (Phi) is 3.87. The van der Waals surface area contributed by atoms with Crippen LogP contribution in [0.25, 0.3) is 11.0 Å². The van der Waals surface area contributed by atoms with Gasteiger partial charge in [-0.1, -0.05) is 18.2 Å². The van der Waals surface area contributed by atoms with Gasteiger partial charge in [0, 0.05) is 13.6 Å². The smallest absolute Gasteiger partial charge is 0.224 e. The van der Waals surface area contributed by atoms with E-state index in [1.165, 1.54) is 12.1 Å². The van der Waals surface area contributed by atoms with E-state index in [9.17, 15) is 9.18 Å². The van der Waals surface area contributed by atoms with E-state index in [1.807, 2.05) is 29.8 Å². The van der Waals surface area contributed by atoms with E-state index < -0.39 is 0 Å². The lowest BCUT2D eigenvalue weighted by atomic mass is 10.1. The Morgan fingerprint density at radius 1 is 1.23 bits per heavy atom. The third-order valence-electron chi connectivity index (χ3n) is 3.53. The monoisotopic (exact) mass is 297 g/mol. The van der Waals surface area contributed by atoms with Crippen LogP contribution in [-0.4, -0.2) is 15.5 Å². The number of aryl methyl sites for hydroxylation is 1. The van der Waals surface area contributed by atoms with Gasteiger partial charge in [0.15, 0.2) is 0 Å². The zero-order valence-corrected chi connectivity index (χ0v) is 12.2. The SMILES string of the molecule is Cn1cnc2cc(CNC(=O)Cc3cccc(F)c3)ccc21. The third kappa shape index (κ3) is 3.14. The van der Waals surface area contributed by atoms with Crippen LogP contribution >= 0.6 is 0 Å². The highest BCUT2D eigenvalue weighted by atomic mass is 19.1. The van der Waals surface area contributed by atoms with E-state index in [4.69, 9.17) is 0 Å². The first-order valence-electron chi connectivity index (χ1n) is 7.03. The second-order valence-electron chi connectivity index (χ2n) is 5.26. The molecular formula is C17H16FN3O. The number of benzene rings is 2. The molecule has 0 unspecified atom stereocenters. The number of hydrogen-bond donors (Lipinski definition) is 1. The van der Waals surface area contributed by atoms with Crippen molar-refractivity contribution in [2.45, 2.75) is 13.0 Å². The van der Waals surface area contributed by atoms with Gasteiger partial charge in [-0.3, -0.25) is 4.79 Å². The highest BCUT2D eigenvalue weighted by Crippen LogP contribution is 2.13. The van der Waals surface area contributed by atoms with Crippen LogP contribution in [-0.2, 0) is 24.8 Å². The predicted molar refractivity (Wildman–Crippen MR) is 82.7 cm³/mol. The molecule has 112 valence electrons. The lowest BCUT2D eigenvalue weighted by Crippen LogP contribution is -2.24. The molecule has 2 aromatic carbocycles. The first-order chi connectivity index (χ1) is 10.6. The van der Waals surface area contributed by atoms with Crippen molar-refractivity contribution in [1.29, 1.82) is 0 Å². The summed E-state index contributed by atoms with van der Waals surface area (Å²) < 4.78 is 15.0. The van der Waals surface area contributed by atoms with E-state index in [2.05, 4.69) is 10.3 Å². The molecule has 0 aliphatic rings. The summed E-state index contributed by atoms with van der Waals surface area (Å²) in [7, 11) is 1.94. The van der Waals surface area contributed by atoms with Crippen LogP contribution in [0.4, 0.5) is 4.39 Å². The van der Waals surface area contributed by atoms with Gasteiger partial charge in [-0.2, -0.15) is 0 Å². The predicted octanol–water partition coefficient (Wildman–Crippen LogP) is 2.57. The number of aromatic nitrogens is 2. The summed E-state index contributed by atoms with van der Waals surface area (Å²) in [6, 6.07) is 12.0. The molecule has 3 rings (SSSR count). The molecule has 0 aliphatic carbocycles. The average Bonchev–Trinajstić information content (AvgIpc) is 2.86. The number of nitrogens with zero attached hydrogens (tertiary/aromatic N) is 2. The van der Waals surface area contributed by atoms with Crippen LogP contribution in [0.1, 0.15) is 11.1 Å². The van der Waals surface area contributed by atoms with Crippen molar-refractivity contribution in [1.82, 2.24) is 14.9 Å². The van der Waals surface area contributed by atoms with Gasteiger partial charge in [0.2, 0.25) is 5.91 Å². The van der Waals surface area contributed by atoms with Crippen LogP contribution in [0.2, 0.25) is 0 Å². The molecule has 0 bridgehead atoms. The Balaban J connectivity index is 1.62. The van der Waals surface area contributed by atoms with Gasteiger partial charge in [-0.05, 0) is 35.4 Å². The van der Waals surface area contributed by atoms with Gasteiger partial charge in [-0.15, -0.1) is 0 Å². The number of imidazole rings is 1. The van der Waals surface area contributed by atoms with E-state index in [1.54, 1.807) is 18.5 Å². The molecule has 0 radical (unpaired) electrons. The number of amides is 1. The lowest BCUT2D eigenvalue weighted by Gasteiger charge is -2.06. The minimum Gasteiger partial charge on any atom is -0.352 e. The lowest BCUT2D eigenvalue weighted by molar-refractivity contribution is -0.120. The summed E-state index contributed by atoms with van der Waals surface area (Å²) >= 11 is 0. The number of carbonyl (C=O) groups excluding carboxylic acids is 1. The maximum Gasteiger partial charge on any atom is 0.224 e. The molecule has 5 heteroatoms. The van der Waals surface area contributed by atoms with Crippen molar-refractivity contribution >= 4 is 16.9 Å². The zero-order valence-electron chi connectivity index (χ0n) is 12.2. The molecule has 22 heavy (non-hydrogen) atoms. The normalized spacial score (nSPS) is 10.8. The fraction of sp³-hybridized carbons (Fsp3) is 0.176. The number of carbonyl (C=O) groups is 1. The maximum absolute atomic E-state index is 13.1. The zero-order chi connectivity index (χ0) is 15.5. The van der Waals surface area contributed by atoms with Gasteiger partial charge in [0.05, 0.1) is 23.8 Å². The summed E-state index contributed by atoms with van der Waals surface area (Å²) in [5.74, 6) is -0.461. The molecule has 0 atom stereocenters. The fourth-order valence-electron chi connectivity index (χ4n) is 2.39.